The number of amides is 2. The molecular formula is C27H34FN3O2. The number of halogens is 1. The van der Waals surface area contributed by atoms with Crippen molar-refractivity contribution in [2.45, 2.75) is 51.0 Å². The van der Waals surface area contributed by atoms with Crippen LogP contribution in [0.4, 0.5) is 10.1 Å². The van der Waals surface area contributed by atoms with E-state index in [1.165, 1.54) is 37.0 Å². The maximum absolute atomic E-state index is 13.2. The molecule has 0 unspecified atom stereocenters. The molecule has 0 radical (unpaired) electrons. The predicted octanol–water partition coefficient (Wildman–Crippen LogP) is 4.39. The van der Waals surface area contributed by atoms with E-state index in [2.05, 4.69) is 27.7 Å². The summed E-state index contributed by atoms with van der Waals surface area (Å²) < 4.78 is 13.2. The molecule has 2 N–H and O–H groups in total. The first-order valence-electron chi connectivity index (χ1n) is 12.2. The van der Waals surface area contributed by atoms with Gasteiger partial charge in [-0.1, -0.05) is 49.6 Å². The van der Waals surface area contributed by atoms with Crippen molar-refractivity contribution in [1.82, 2.24) is 10.2 Å². The third kappa shape index (κ3) is 6.87. The molecule has 1 aliphatic heterocycles. The fraction of sp³-hybridized carbons (Fsp3) is 0.481. The minimum Gasteiger partial charge on any atom is -0.353 e. The lowest BCUT2D eigenvalue weighted by Gasteiger charge is -2.37. The lowest BCUT2D eigenvalue weighted by atomic mass is 9.86. The highest BCUT2D eigenvalue weighted by Crippen LogP contribution is 2.26. The van der Waals surface area contributed by atoms with Crippen LogP contribution in [0.25, 0.3) is 0 Å². The van der Waals surface area contributed by atoms with Crippen LogP contribution in [-0.2, 0) is 16.0 Å². The monoisotopic (exact) mass is 451 g/mol. The van der Waals surface area contributed by atoms with Gasteiger partial charge in [0.15, 0.2) is 0 Å². The van der Waals surface area contributed by atoms with Crippen molar-refractivity contribution >= 4 is 17.5 Å². The molecule has 1 heterocycles. The van der Waals surface area contributed by atoms with E-state index in [4.69, 9.17) is 0 Å². The Morgan fingerprint density at radius 1 is 0.879 bits per heavy atom. The number of piperidine rings is 1. The van der Waals surface area contributed by atoms with Crippen LogP contribution >= 0.6 is 0 Å². The van der Waals surface area contributed by atoms with Gasteiger partial charge in [-0.15, -0.1) is 0 Å². The maximum atomic E-state index is 13.2. The van der Waals surface area contributed by atoms with Gasteiger partial charge in [-0.3, -0.25) is 9.59 Å². The average Bonchev–Trinajstić information content (AvgIpc) is 2.85. The van der Waals surface area contributed by atoms with Crippen molar-refractivity contribution in [3.05, 3.63) is 66.0 Å². The second kappa shape index (κ2) is 11.4. The molecule has 5 nitrogen and oxygen atoms in total. The summed E-state index contributed by atoms with van der Waals surface area (Å²) in [6.07, 6.45) is 7.09. The summed E-state index contributed by atoms with van der Waals surface area (Å²) in [6.45, 7) is 2.09. The van der Waals surface area contributed by atoms with Gasteiger partial charge in [-0.2, -0.15) is 0 Å². The molecule has 6 heteroatoms. The van der Waals surface area contributed by atoms with Crippen LogP contribution in [0.5, 0.6) is 0 Å². The van der Waals surface area contributed by atoms with Crippen molar-refractivity contribution in [2.75, 3.05) is 25.0 Å². The van der Waals surface area contributed by atoms with Gasteiger partial charge >= 0.3 is 0 Å². The molecule has 2 aromatic carbocycles. The summed E-state index contributed by atoms with van der Waals surface area (Å²) in [5, 5.41) is 6.17. The van der Waals surface area contributed by atoms with Crippen molar-refractivity contribution in [2.24, 2.45) is 11.8 Å². The number of likely N-dealkylation sites (tertiary alicyclic amines) is 1. The summed E-state index contributed by atoms with van der Waals surface area (Å²) in [7, 11) is 0. The summed E-state index contributed by atoms with van der Waals surface area (Å²) in [5.41, 5.74) is 1.82. The Hall–Kier alpha value is -2.73. The molecule has 2 amide bonds. The van der Waals surface area contributed by atoms with E-state index in [-0.39, 0.29) is 35.5 Å². The van der Waals surface area contributed by atoms with Gasteiger partial charge in [0.25, 0.3) is 0 Å². The number of nitrogens with one attached hydrogen (secondary N) is 2. The average molecular weight is 452 g/mol. The predicted molar refractivity (Wildman–Crippen MR) is 128 cm³/mol. The molecule has 4 rings (SSSR count). The van der Waals surface area contributed by atoms with E-state index in [0.29, 0.717) is 25.2 Å². The molecule has 176 valence electrons. The molecule has 1 saturated heterocycles. The zero-order chi connectivity index (χ0) is 23.0. The zero-order valence-corrected chi connectivity index (χ0v) is 19.1. The molecule has 0 bridgehead atoms. The van der Waals surface area contributed by atoms with Crippen LogP contribution in [0.2, 0.25) is 0 Å². The molecule has 2 fully saturated rings. The van der Waals surface area contributed by atoms with Gasteiger partial charge in [0, 0.05) is 31.4 Å². The van der Waals surface area contributed by atoms with Gasteiger partial charge in [-0.25, -0.2) is 4.39 Å². The van der Waals surface area contributed by atoms with E-state index in [1.54, 1.807) is 12.1 Å². The van der Waals surface area contributed by atoms with Gasteiger partial charge in [0.2, 0.25) is 11.8 Å². The van der Waals surface area contributed by atoms with Crippen LogP contribution < -0.4 is 10.6 Å². The number of hydrogen-bond donors (Lipinski definition) is 2. The van der Waals surface area contributed by atoms with Crippen molar-refractivity contribution in [3.63, 3.8) is 0 Å². The third-order valence-corrected chi connectivity index (χ3v) is 6.89. The zero-order valence-electron chi connectivity index (χ0n) is 19.1. The molecule has 33 heavy (non-hydrogen) atoms. The Morgan fingerprint density at radius 2 is 1.55 bits per heavy atom. The van der Waals surface area contributed by atoms with E-state index in [1.807, 2.05) is 18.2 Å². The maximum Gasteiger partial charge on any atom is 0.228 e. The van der Waals surface area contributed by atoms with Gasteiger partial charge in [-0.05, 0) is 55.5 Å². The van der Waals surface area contributed by atoms with E-state index in [0.717, 1.165) is 25.8 Å². The topological polar surface area (TPSA) is 61.4 Å². The van der Waals surface area contributed by atoms with E-state index >= 15 is 0 Å². The summed E-state index contributed by atoms with van der Waals surface area (Å²) in [4.78, 5) is 28.5. The first-order valence-corrected chi connectivity index (χ1v) is 12.2. The highest BCUT2D eigenvalue weighted by Gasteiger charge is 2.35. The van der Waals surface area contributed by atoms with Gasteiger partial charge in [0.05, 0.1) is 11.8 Å². The van der Waals surface area contributed by atoms with Crippen LogP contribution in [0.3, 0.4) is 0 Å². The number of anilines is 1. The lowest BCUT2D eigenvalue weighted by Crippen LogP contribution is -2.51. The molecule has 0 spiro atoms. The third-order valence-electron chi connectivity index (χ3n) is 6.89. The van der Waals surface area contributed by atoms with Crippen molar-refractivity contribution in [1.29, 1.82) is 0 Å². The normalized spacial score (nSPS) is 22.0. The smallest absolute Gasteiger partial charge is 0.228 e. The molecule has 2 atom stereocenters. The van der Waals surface area contributed by atoms with Crippen molar-refractivity contribution < 1.29 is 14.0 Å². The Balaban J connectivity index is 1.41. The van der Waals surface area contributed by atoms with Crippen LogP contribution in [0, 0.1) is 17.7 Å². The fourth-order valence-corrected chi connectivity index (χ4v) is 5.03. The first-order chi connectivity index (χ1) is 16.1. The largest absolute Gasteiger partial charge is 0.353 e. The highest BCUT2D eigenvalue weighted by molar-refractivity contribution is 5.93. The summed E-state index contributed by atoms with van der Waals surface area (Å²) in [6, 6.07) is 16.4. The lowest BCUT2D eigenvalue weighted by molar-refractivity contribution is -0.130. The quantitative estimate of drug-likeness (QED) is 0.656. The number of carbonyl (C=O) groups is 2. The molecule has 1 aliphatic carbocycles. The van der Waals surface area contributed by atoms with Gasteiger partial charge < -0.3 is 15.5 Å². The SMILES string of the molecule is O=C(Nc1ccc(F)cc1)[C@@H]1C[C@H](C(=O)NC2CCCCC2)CN(CCc2ccccc2)C1. The number of nitrogens with zero attached hydrogens (tertiary/aromatic N) is 1. The Morgan fingerprint density at radius 3 is 2.24 bits per heavy atom. The van der Waals surface area contributed by atoms with Crippen LogP contribution in [0.1, 0.15) is 44.1 Å². The van der Waals surface area contributed by atoms with Gasteiger partial charge in [0.1, 0.15) is 5.82 Å². The Labute approximate surface area is 195 Å². The molecule has 2 aromatic rings. The number of rotatable bonds is 7. The Kier molecular flexibility index (Phi) is 8.10. The van der Waals surface area contributed by atoms with Crippen LogP contribution in [0.15, 0.2) is 54.6 Å². The molecule has 0 aromatic heterocycles. The molecular weight excluding hydrogens is 417 g/mol. The fourth-order valence-electron chi connectivity index (χ4n) is 5.03. The molecule has 1 saturated carbocycles. The minimum absolute atomic E-state index is 0.0749. The summed E-state index contributed by atoms with van der Waals surface area (Å²) in [5.74, 6) is -0.869. The summed E-state index contributed by atoms with van der Waals surface area (Å²) >= 11 is 0. The second-order valence-electron chi connectivity index (χ2n) is 9.46. The van der Waals surface area contributed by atoms with Crippen molar-refractivity contribution in [3.8, 4) is 0 Å². The standard InChI is InChI=1S/C27H34FN3O2/c28-23-11-13-25(14-12-23)30-27(33)22-17-21(26(32)29-24-9-5-2-6-10-24)18-31(19-22)16-15-20-7-3-1-4-8-20/h1,3-4,7-8,11-14,21-22,24H,2,5-6,9-10,15-19H2,(H,29,32)(H,30,33)/t21-,22+/m0/s1. The minimum atomic E-state index is -0.336. The number of hydrogen-bond acceptors (Lipinski definition) is 3. The first kappa shape index (κ1) is 23.4. The van der Waals surface area contributed by atoms with E-state index in [9.17, 15) is 14.0 Å². The Bertz CT molecular complexity index is 913. The highest BCUT2D eigenvalue weighted by atomic mass is 19.1. The van der Waals surface area contributed by atoms with Crippen LogP contribution in [-0.4, -0.2) is 42.4 Å². The second-order valence-corrected chi connectivity index (χ2v) is 9.46. The number of benzene rings is 2. The van der Waals surface area contributed by atoms with E-state index < -0.39 is 0 Å². The molecule has 2 aliphatic rings. The number of carbonyl (C=O) groups excluding carboxylic acids is 2.